The van der Waals surface area contributed by atoms with Crippen LogP contribution in [0, 0.1) is 5.41 Å². The van der Waals surface area contributed by atoms with E-state index in [1.54, 1.807) is 0 Å². The van der Waals surface area contributed by atoms with E-state index < -0.39 is 0 Å². The summed E-state index contributed by atoms with van der Waals surface area (Å²) in [5.41, 5.74) is 12.4. The number of nitrogens with one attached hydrogen (secondary N) is 2. The minimum atomic E-state index is 0.0717. The number of rotatable bonds is 11. The maximum absolute atomic E-state index is 14.3. The molecule has 8 nitrogen and oxygen atoms in total. The van der Waals surface area contributed by atoms with E-state index in [4.69, 9.17) is 27.7 Å². The van der Waals surface area contributed by atoms with Crippen LogP contribution in [0.15, 0.2) is 109 Å². The summed E-state index contributed by atoms with van der Waals surface area (Å²) in [6.45, 7) is 2.50. The fourth-order valence-corrected chi connectivity index (χ4v) is 7.18. The van der Waals surface area contributed by atoms with Crippen LogP contribution in [0.3, 0.4) is 0 Å². The second kappa shape index (κ2) is 14.7. The Balaban J connectivity index is 1.10. The molecule has 0 atom stereocenters. The number of hydrogen-bond donors (Lipinski definition) is 3. The van der Waals surface area contributed by atoms with Gasteiger partial charge in [0.15, 0.2) is 0 Å². The SMILES string of the molecule is Cn1c(CCc2ccc(C(=N)N)cc2)nc2cc(N(Cc3cccc4ccccc34)C(=O)CN3CCC(Nc4cccc(Cl)c4)CC3)ccc21. The number of nitrogens with zero attached hydrogens (tertiary/aromatic N) is 4. The predicted octanol–water partition coefficient (Wildman–Crippen LogP) is 7.56. The number of piperidine rings is 1. The number of aromatic nitrogens is 2. The quantitative estimate of drug-likeness (QED) is 0.0966. The molecule has 254 valence electrons. The maximum Gasteiger partial charge on any atom is 0.241 e. The molecule has 1 aliphatic rings. The van der Waals surface area contributed by atoms with E-state index in [0.717, 1.165) is 93.9 Å². The number of nitrogen functional groups attached to an aromatic ring is 1. The van der Waals surface area contributed by atoms with Crippen molar-refractivity contribution in [2.75, 3.05) is 29.9 Å². The van der Waals surface area contributed by atoms with Gasteiger partial charge in [0.2, 0.25) is 5.91 Å². The van der Waals surface area contributed by atoms with Crippen LogP contribution in [-0.4, -0.2) is 51.9 Å². The Morgan fingerprint density at radius 3 is 2.48 bits per heavy atom. The molecule has 0 radical (unpaired) electrons. The largest absolute Gasteiger partial charge is 0.384 e. The smallest absolute Gasteiger partial charge is 0.241 e. The van der Waals surface area contributed by atoms with Gasteiger partial charge < -0.3 is 20.5 Å². The van der Waals surface area contributed by atoms with E-state index in [1.807, 2.05) is 66.5 Å². The number of carbonyl (C=O) groups excluding carboxylic acids is 1. The number of halogens is 1. The highest BCUT2D eigenvalue weighted by atomic mass is 35.5. The van der Waals surface area contributed by atoms with Crippen LogP contribution in [0.2, 0.25) is 5.02 Å². The van der Waals surface area contributed by atoms with Crippen molar-refractivity contribution in [2.45, 2.75) is 38.3 Å². The zero-order valence-corrected chi connectivity index (χ0v) is 29.0. The van der Waals surface area contributed by atoms with Crippen LogP contribution in [0.4, 0.5) is 11.4 Å². The predicted molar refractivity (Wildman–Crippen MR) is 205 cm³/mol. The Labute approximate surface area is 298 Å². The summed E-state index contributed by atoms with van der Waals surface area (Å²) in [6.07, 6.45) is 3.49. The molecule has 0 aliphatic carbocycles. The average molecular weight is 684 g/mol. The van der Waals surface area contributed by atoms with Crippen LogP contribution in [0.5, 0.6) is 0 Å². The number of nitrogens with two attached hydrogens (primary N) is 1. The van der Waals surface area contributed by atoms with E-state index in [2.05, 4.69) is 69.4 Å². The fourth-order valence-electron chi connectivity index (χ4n) is 6.99. The number of likely N-dealkylation sites (tertiary alicyclic amines) is 1. The second-order valence-corrected chi connectivity index (χ2v) is 13.6. The van der Waals surface area contributed by atoms with E-state index in [9.17, 15) is 4.79 Å². The molecule has 1 saturated heterocycles. The summed E-state index contributed by atoms with van der Waals surface area (Å²) in [4.78, 5) is 23.6. The Morgan fingerprint density at radius 2 is 1.70 bits per heavy atom. The lowest BCUT2D eigenvalue weighted by atomic mass is 10.0. The van der Waals surface area contributed by atoms with Crippen LogP contribution < -0.4 is 16.0 Å². The van der Waals surface area contributed by atoms with Crippen molar-refractivity contribution >= 4 is 56.5 Å². The molecule has 0 unspecified atom stereocenters. The summed E-state index contributed by atoms with van der Waals surface area (Å²) in [5.74, 6) is 1.13. The fraction of sp³-hybridized carbons (Fsp3) is 0.244. The van der Waals surface area contributed by atoms with Crippen molar-refractivity contribution in [1.82, 2.24) is 14.5 Å². The second-order valence-electron chi connectivity index (χ2n) is 13.2. The Kier molecular flexibility index (Phi) is 9.83. The first-order valence-electron chi connectivity index (χ1n) is 17.2. The van der Waals surface area contributed by atoms with Gasteiger partial charge >= 0.3 is 0 Å². The summed E-state index contributed by atoms with van der Waals surface area (Å²) in [5, 5.41) is 14.3. The first-order valence-corrected chi connectivity index (χ1v) is 17.6. The van der Waals surface area contributed by atoms with Crippen molar-refractivity contribution < 1.29 is 4.79 Å². The minimum Gasteiger partial charge on any atom is -0.384 e. The minimum absolute atomic E-state index is 0.0717. The van der Waals surface area contributed by atoms with Crippen LogP contribution in [0.25, 0.3) is 21.8 Å². The molecule has 2 heterocycles. The zero-order valence-electron chi connectivity index (χ0n) is 28.3. The van der Waals surface area contributed by atoms with Gasteiger partial charge in [-0.2, -0.15) is 0 Å². The van der Waals surface area contributed by atoms with Gasteiger partial charge in [0.1, 0.15) is 11.7 Å². The van der Waals surface area contributed by atoms with Gasteiger partial charge in [-0.15, -0.1) is 0 Å². The van der Waals surface area contributed by atoms with Gasteiger partial charge in [0.05, 0.1) is 24.1 Å². The van der Waals surface area contributed by atoms with Gasteiger partial charge in [0.25, 0.3) is 0 Å². The summed E-state index contributed by atoms with van der Waals surface area (Å²) in [6, 6.07) is 36.9. The number of amidine groups is 1. The summed E-state index contributed by atoms with van der Waals surface area (Å²) >= 11 is 6.20. The van der Waals surface area contributed by atoms with Crippen LogP contribution in [0.1, 0.15) is 35.4 Å². The third kappa shape index (κ3) is 7.52. The molecule has 50 heavy (non-hydrogen) atoms. The topological polar surface area (TPSA) is 103 Å². The molecule has 0 saturated carbocycles. The number of imidazole rings is 1. The Bertz CT molecular complexity index is 2150. The molecule has 6 aromatic rings. The van der Waals surface area contributed by atoms with E-state index in [0.29, 0.717) is 19.1 Å². The lowest BCUT2D eigenvalue weighted by molar-refractivity contribution is -0.120. The van der Waals surface area contributed by atoms with Crippen molar-refractivity contribution in [2.24, 2.45) is 12.8 Å². The number of amides is 1. The number of aryl methyl sites for hydroxylation is 3. The molecule has 1 amide bonds. The van der Waals surface area contributed by atoms with Gasteiger partial charge in [-0.25, -0.2) is 4.98 Å². The molecule has 5 aromatic carbocycles. The molecule has 1 aliphatic heterocycles. The molecular weight excluding hydrogens is 642 g/mol. The van der Waals surface area contributed by atoms with E-state index in [1.165, 1.54) is 5.56 Å². The molecule has 0 spiro atoms. The summed E-state index contributed by atoms with van der Waals surface area (Å²) < 4.78 is 2.14. The van der Waals surface area contributed by atoms with Crippen LogP contribution >= 0.6 is 11.6 Å². The van der Waals surface area contributed by atoms with Gasteiger partial charge in [-0.05, 0) is 77.6 Å². The molecule has 9 heteroatoms. The standard InChI is InChI=1S/C41H42ClN7O/c1-47-38-18-17-35(25-37(38)46-39(47)19-14-28-12-15-30(16-13-28)41(43)44)49(26-31-8-4-7-29-6-2-3-11-36(29)31)40(50)27-48-22-20-33(21-23-48)45-34-10-5-9-32(42)24-34/h2-13,15-18,24-25,33,45H,14,19-23,26-27H2,1H3,(H3,43,44). The van der Waals surface area contributed by atoms with Crippen molar-refractivity contribution in [1.29, 1.82) is 5.41 Å². The number of anilines is 2. The first kappa shape index (κ1) is 33.3. The zero-order chi connectivity index (χ0) is 34.6. The molecule has 1 fully saturated rings. The molecule has 4 N–H and O–H groups in total. The van der Waals surface area contributed by atoms with Gasteiger partial charge in [-0.1, -0.05) is 84.4 Å². The van der Waals surface area contributed by atoms with E-state index in [-0.39, 0.29) is 11.7 Å². The molecule has 7 rings (SSSR count). The van der Waals surface area contributed by atoms with Gasteiger partial charge in [-0.3, -0.25) is 15.1 Å². The molecule has 1 aromatic heterocycles. The van der Waals surface area contributed by atoms with Gasteiger partial charge in [0, 0.05) is 54.6 Å². The molecular formula is C41H42ClN7O. The normalized spacial score (nSPS) is 13.9. The first-order chi connectivity index (χ1) is 24.3. The third-order valence-electron chi connectivity index (χ3n) is 9.82. The van der Waals surface area contributed by atoms with Crippen molar-refractivity contribution in [3.8, 4) is 0 Å². The number of fused-ring (bicyclic) bond motifs is 2. The van der Waals surface area contributed by atoms with Crippen molar-refractivity contribution in [3.05, 3.63) is 137 Å². The average Bonchev–Trinajstić information content (AvgIpc) is 3.44. The van der Waals surface area contributed by atoms with E-state index >= 15 is 0 Å². The number of hydrogen-bond acceptors (Lipinski definition) is 5. The highest BCUT2D eigenvalue weighted by Crippen LogP contribution is 2.28. The third-order valence-corrected chi connectivity index (χ3v) is 10.1. The number of carbonyl (C=O) groups is 1. The highest BCUT2D eigenvalue weighted by molar-refractivity contribution is 6.30. The Hall–Kier alpha value is -5.18. The Morgan fingerprint density at radius 1 is 0.940 bits per heavy atom. The highest BCUT2D eigenvalue weighted by Gasteiger charge is 2.25. The summed E-state index contributed by atoms with van der Waals surface area (Å²) in [7, 11) is 2.05. The maximum atomic E-state index is 14.3. The monoisotopic (exact) mass is 683 g/mol. The molecule has 0 bridgehead atoms. The van der Waals surface area contributed by atoms with Crippen LogP contribution in [-0.2, 0) is 31.2 Å². The lowest BCUT2D eigenvalue weighted by Gasteiger charge is -2.34. The van der Waals surface area contributed by atoms with Crippen molar-refractivity contribution in [3.63, 3.8) is 0 Å². The lowest BCUT2D eigenvalue weighted by Crippen LogP contribution is -2.45. The number of benzene rings is 5.